The number of amides is 2. The fourth-order valence-electron chi connectivity index (χ4n) is 3.11. The summed E-state index contributed by atoms with van der Waals surface area (Å²) < 4.78 is 5.71. The van der Waals surface area contributed by atoms with Crippen LogP contribution in [0.4, 0.5) is 5.69 Å². The third-order valence-electron chi connectivity index (χ3n) is 4.73. The summed E-state index contributed by atoms with van der Waals surface area (Å²) in [4.78, 5) is 26.7. The van der Waals surface area contributed by atoms with Crippen LogP contribution in [0.1, 0.15) is 28.8 Å². The number of carbonyl (C=O) groups excluding carboxylic acids is 2. The molecule has 2 aromatic rings. The van der Waals surface area contributed by atoms with Crippen molar-refractivity contribution >= 4 is 17.5 Å². The number of rotatable bonds is 4. The molecular formula is C20H20N2O3. The van der Waals surface area contributed by atoms with Gasteiger partial charge in [-0.25, -0.2) is 0 Å². The Kier molecular flexibility index (Phi) is 3.92. The Morgan fingerprint density at radius 2 is 1.92 bits per heavy atom. The molecule has 1 aliphatic carbocycles. The van der Waals surface area contributed by atoms with Crippen LogP contribution in [-0.4, -0.2) is 35.9 Å². The molecule has 2 amide bonds. The number of benzene rings is 2. The molecule has 1 aliphatic heterocycles. The summed E-state index contributed by atoms with van der Waals surface area (Å²) in [7, 11) is 1.83. The second-order valence-electron chi connectivity index (χ2n) is 6.64. The smallest absolute Gasteiger partial charge is 0.265 e. The predicted molar refractivity (Wildman–Crippen MR) is 94.7 cm³/mol. The van der Waals surface area contributed by atoms with Crippen LogP contribution >= 0.6 is 0 Å². The molecule has 1 heterocycles. The number of nitrogens with one attached hydrogen (secondary N) is 1. The van der Waals surface area contributed by atoms with E-state index in [-0.39, 0.29) is 11.8 Å². The molecule has 25 heavy (non-hydrogen) atoms. The number of nitrogens with zero attached hydrogens (tertiary/aromatic N) is 1. The largest absolute Gasteiger partial charge is 0.480 e. The first-order valence-corrected chi connectivity index (χ1v) is 8.54. The topological polar surface area (TPSA) is 58.6 Å². The van der Waals surface area contributed by atoms with Crippen molar-refractivity contribution in [2.75, 3.05) is 12.4 Å². The van der Waals surface area contributed by atoms with Gasteiger partial charge in [-0.2, -0.15) is 0 Å². The van der Waals surface area contributed by atoms with Gasteiger partial charge in [0, 0.05) is 30.8 Å². The first-order chi connectivity index (χ1) is 12.1. The van der Waals surface area contributed by atoms with Crippen molar-refractivity contribution in [1.82, 2.24) is 4.90 Å². The quantitative estimate of drug-likeness (QED) is 0.934. The lowest BCUT2D eigenvalue weighted by Crippen LogP contribution is -2.32. The van der Waals surface area contributed by atoms with Crippen molar-refractivity contribution in [2.45, 2.75) is 31.4 Å². The van der Waals surface area contributed by atoms with Crippen molar-refractivity contribution in [1.29, 1.82) is 0 Å². The van der Waals surface area contributed by atoms with Gasteiger partial charge >= 0.3 is 0 Å². The molecule has 5 heteroatoms. The van der Waals surface area contributed by atoms with E-state index in [0.29, 0.717) is 23.7 Å². The summed E-state index contributed by atoms with van der Waals surface area (Å²) in [5.41, 5.74) is 2.24. The molecule has 1 atom stereocenters. The van der Waals surface area contributed by atoms with E-state index in [0.717, 1.165) is 24.2 Å². The number of hydrogen-bond donors (Lipinski definition) is 1. The van der Waals surface area contributed by atoms with Gasteiger partial charge in [0.2, 0.25) is 0 Å². The zero-order chi connectivity index (χ0) is 17.4. The maximum atomic E-state index is 12.5. The Labute approximate surface area is 146 Å². The summed E-state index contributed by atoms with van der Waals surface area (Å²) in [5.74, 6) is 0.553. The van der Waals surface area contributed by atoms with Crippen LogP contribution in [0.3, 0.4) is 0 Å². The summed E-state index contributed by atoms with van der Waals surface area (Å²) >= 11 is 0. The van der Waals surface area contributed by atoms with Crippen LogP contribution in [0, 0.1) is 0 Å². The molecule has 0 saturated heterocycles. The molecule has 128 valence electrons. The maximum Gasteiger partial charge on any atom is 0.265 e. The van der Waals surface area contributed by atoms with Gasteiger partial charge in [-0.3, -0.25) is 9.59 Å². The van der Waals surface area contributed by atoms with Crippen LogP contribution in [0.5, 0.6) is 5.75 Å². The molecule has 0 unspecified atom stereocenters. The lowest BCUT2D eigenvalue weighted by Gasteiger charge is -2.17. The average molecular weight is 336 g/mol. The molecule has 1 saturated carbocycles. The molecule has 4 rings (SSSR count). The van der Waals surface area contributed by atoms with Crippen molar-refractivity contribution in [2.24, 2.45) is 0 Å². The first-order valence-electron chi connectivity index (χ1n) is 8.54. The average Bonchev–Trinajstić information content (AvgIpc) is 3.38. The molecule has 0 bridgehead atoms. The van der Waals surface area contributed by atoms with Crippen molar-refractivity contribution in [3.8, 4) is 5.75 Å². The van der Waals surface area contributed by atoms with Gasteiger partial charge in [-0.15, -0.1) is 0 Å². The molecule has 2 aliphatic rings. The summed E-state index contributed by atoms with van der Waals surface area (Å²) in [6.07, 6.45) is 2.16. The molecule has 1 fully saturated rings. The van der Waals surface area contributed by atoms with Gasteiger partial charge in [0.15, 0.2) is 6.10 Å². The van der Waals surface area contributed by atoms with Gasteiger partial charge in [-0.1, -0.05) is 24.3 Å². The number of carbonyl (C=O) groups is 2. The third kappa shape index (κ3) is 3.22. The van der Waals surface area contributed by atoms with Gasteiger partial charge in [0.05, 0.1) is 0 Å². The summed E-state index contributed by atoms with van der Waals surface area (Å²) in [5, 5.41) is 2.86. The fraction of sp³-hybridized carbons (Fsp3) is 0.300. The van der Waals surface area contributed by atoms with Gasteiger partial charge < -0.3 is 15.0 Å². The first kappa shape index (κ1) is 15.7. The Bertz CT molecular complexity index is 804. The number of anilines is 1. The van der Waals surface area contributed by atoms with Gasteiger partial charge in [-0.05, 0) is 42.7 Å². The maximum absolute atomic E-state index is 12.5. The monoisotopic (exact) mass is 336 g/mol. The highest BCUT2D eigenvalue weighted by molar-refractivity contribution is 5.98. The van der Waals surface area contributed by atoms with E-state index >= 15 is 0 Å². The van der Waals surface area contributed by atoms with E-state index in [1.807, 2.05) is 31.3 Å². The van der Waals surface area contributed by atoms with Crippen LogP contribution in [-0.2, 0) is 11.2 Å². The van der Waals surface area contributed by atoms with E-state index in [9.17, 15) is 9.59 Å². The minimum absolute atomic E-state index is 0.0110. The van der Waals surface area contributed by atoms with E-state index in [1.54, 1.807) is 29.2 Å². The third-order valence-corrected chi connectivity index (χ3v) is 4.73. The minimum Gasteiger partial charge on any atom is -0.480 e. The number of para-hydroxylation sites is 1. The van der Waals surface area contributed by atoms with Crippen molar-refractivity contribution in [3.63, 3.8) is 0 Å². The highest BCUT2D eigenvalue weighted by atomic mass is 16.5. The number of hydrogen-bond acceptors (Lipinski definition) is 3. The van der Waals surface area contributed by atoms with E-state index in [2.05, 4.69) is 5.32 Å². The Morgan fingerprint density at radius 1 is 1.12 bits per heavy atom. The van der Waals surface area contributed by atoms with E-state index in [4.69, 9.17) is 4.74 Å². The Morgan fingerprint density at radius 3 is 2.68 bits per heavy atom. The normalized spacial score (nSPS) is 18.2. The Balaban J connectivity index is 1.43. The van der Waals surface area contributed by atoms with Crippen LogP contribution in [0.2, 0.25) is 0 Å². The number of fused-ring (bicyclic) bond motifs is 1. The summed E-state index contributed by atoms with van der Waals surface area (Å²) in [6.45, 7) is 0. The molecule has 0 radical (unpaired) electrons. The highest BCUT2D eigenvalue weighted by Gasteiger charge is 2.31. The predicted octanol–water partition coefficient (Wildman–Crippen LogP) is 2.86. The lowest BCUT2D eigenvalue weighted by molar-refractivity contribution is -0.122. The van der Waals surface area contributed by atoms with E-state index < -0.39 is 6.10 Å². The van der Waals surface area contributed by atoms with Crippen LogP contribution < -0.4 is 10.1 Å². The highest BCUT2D eigenvalue weighted by Crippen LogP contribution is 2.29. The zero-order valence-corrected chi connectivity index (χ0v) is 14.1. The second kappa shape index (κ2) is 6.24. The lowest BCUT2D eigenvalue weighted by atomic mass is 10.1. The molecule has 2 aromatic carbocycles. The van der Waals surface area contributed by atoms with Gasteiger partial charge in [0.25, 0.3) is 11.8 Å². The molecule has 0 spiro atoms. The number of ether oxygens (including phenoxy) is 1. The van der Waals surface area contributed by atoms with E-state index in [1.165, 1.54) is 0 Å². The van der Waals surface area contributed by atoms with Gasteiger partial charge in [0.1, 0.15) is 5.75 Å². The Hall–Kier alpha value is -2.82. The van der Waals surface area contributed by atoms with Crippen LogP contribution in [0.15, 0.2) is 48.5 Å². The zero-order valence-electron chi connectivity index (χ0n) is 14.1. The molecule has 1 N–H and O–H groups in total. The molecular weight excluding hydrogens is 316 g/mol. The summed E-state index contributed by atoms with van der Waals surface area (Å²) in [6, 6.07) is 15.1. The second-order valence-corrected chi connectivity index (χ2v) is 6.64. The minimum atomic E-state index is -0.536. The standard InChI is InChI=1S/C20H20N2O3/c1-22(16-9-10-16)20(24)14-6-4-7-15(11-14)21-19(23)18-12-13-5-2-3-8-17(13)25-18/h2-8,11,16,18H,9-10,12H2,1H3,(H,21,23)/t18-/m1/s1. The van der Waals surface area contributed by atoms with Crippen molar-refractivity contribution < 1.29 is 14.3 Å². The molecule has 5 nitrogen and oxygen atoms in total. The van der Waals surface area contributed by atoms with Crippen LogP contribution in [0.25, 0.3) is 0 Å². The SMILES string of the molecule is CN(C(=O)c1cccc(NC(=O)[C@H]2Cc3ccccc3O2)c1)C1CC1. The molecule has 0 aromatic heterocycles. The fourth-order valence-corrected chi connectivity index (χ4v) is 3.11. The van der Waals surface area contributed by atoms with Crippen molar-refractivity contribution in [3.05, 3.63) is 59.7 Å².